The van der Waals surface area contributed by atoms with E-state index in [-0.39, 0.29) is 11.6 Å². The van der Waals surface area contributed by atoms with E-state index in [4.69, 9.17) is 5.53 Å². The molecular weight excluding hydrogens is 268 g/mol. The van der Waals surface area contributed by atoms with Crippen molar-refractivity contribution in [3.63, 3.8) is 0 Å². The number of hydrogen-bond donors (Lipinski definition) is 2. The lowest BCUT2D eigenvalue weighted by Gasteiger charge is -2.16. The molecule has 0 atom stereocenters. The molecule has 3 N–H and O–H groups in total. The van der Waals surface area contributed by atoms with E-state index in [1.54, 1.807) is 48.5 Å². The topological polar surface area (TPSA) is 109 Å². The summed E-state index contributed by atoms with van der Waals surface area (Å²) in [7, 11) is 0. The lowest BCUT2D eigenvalue weighted by Crippen LogP contribution is -2.20. The second kappa shape index (κ2) is 6.33. The molecule has 6 nitrogen and oxygen atoms in total. The van der Waals surface area contributed by atoms with E-state index in [0.29, 0.717) is 22.3 Å². The molecule has 21 heavy (non-hydrogen) atoms. The van der Waals surface area contributed by atoms with E-state index in [9.17, 15) is 9.59 Å². The Kier molecular flexibility index (Phi) is 4.30. The van der Waals surface area contributed by atoms with E-state index in [1.165, 1.54) is 0 Å². The molecule has 0 radical (unpaired) electrons. The molecule has 0 spiro atoms. The molecule has 0 aliphatic heterocycles. The van der Waals surface area contributed by atoms with Crippen LogP contribution in [0.15, 0.2) is 58.7 Å². The van der Waals surface area contributed by atoms with Crippen molar-refractivity contribution < 1.29 is 9.59 Å². The molecule has 104 valence electrons. The van der Waals surface area contributed by atoms with E-state index >= 15 is 0 Å². The Balaban J connectivity index is 0.000000282. The van der Waals surface area contributed by atoms with Crippen LogP contribution in [0.1, 0.15) is 31.8 Å². The minimum absolute atomic E-state index is 0.0641. The van der Waals surface area contributed by atoms with Crippen molar-refractivity contribution >= 4 is 17.9 Å². The van der Waals surface area contributed by atoms with Gasteiger partial charge in [0.15, 0.2) is 17.9 Å². The number of hydrogen-bond acceptors (Lipinski definition) is 5. The van der Waals surface area contributed by atoms with Gasteiger partial charge in [-0.1, -0.05) is 48.5 Å². The summed E-state index contributed by atoms with van der Waals surface area (Å²) < 4.78 is 0. The Labute approximate surface area is 120 Å². The molecule has 0 fully saturated rings. The first-order valence-electron chi connectivity index (χ1n) is 6.06. The second-order valence-corrected chi connectivity index (χ2v) is 4.14. The molecule has 1 aliphatic carbocycles. The summed E-state index contributed by atoms with van der Waals surface area (Å²) in [5.41, 5.74) is 8.02. The fraction of sp³-hybridized carbons (Fsp3) is 0. The number of carbonyl (C=O) groups excluding carboxylic acids is 2. The molecule has 2 aromatic rings. The number of rotatable bonds is 1. The van der Waals surface area contributed by atoms with Crippen LogP contribution in [0, 0.1) is 5.53 Å². The van der Waals surface area contributed by atoms with Crippen LogP contribution in [-0.2, 0) is 0 Å². The van der Waals surface area contributed by atoms with Gasteiger partial charge in [0.25, 0.3) is 0 Å². The average Bonchev–Trinajstić information content (AvgIpc) is 2.54. The van der Waals surface area contributed by atoms with Crippen LogP contribution in [0.5, 0.6) is 0 Å². The number of ketones is 2. The quantitative estimate of drug-likeness (QED) is 0.235. The zero-order valence-electron chi connectivity index (χ0n) is 11.0. The third-order valence-electron chi connectivity index (χ3n) is 2.96. The third kappa shape index (κ3) is 2.74. The summed E-state index contributed by atoms with van der Waals surface area (Å²) in [4.78, 5) is 24.2. The summed E-state index contributed by atoms with van der Waals surface area (Å²) >= 11 is 0. The molecule has 0 unspecified atom stereocenters. The summed E-state index contributed by atoms with van der Waals surface area (Å²) in [6.45, 7) is 0. The van der Waals surface area contributed by atoms with Gasteiger partial charge in [-0.05, 0) is 0 Å². The number of hydrazone groups is 1. The summed E-state index contributed by atoms with van der Waals surface area (Å²) in [5, 5.41) is 5.56. The van der Waals surface area contributed by atoms with Crippen molar-refractivity contribution in [2.24, 2.45) is 16.1 Å². The molecule has 3 rings (SSSR count). The maximum absolute atomic E-state index is 12.1. The molecule has 0 saturated carbocycles. The Bertz CT molecular complexity index is 632. The van der Waals surface area contributed by atoms with E-state index in [1.807, 2.05) is 0 Å². The molecule has 0 heterocycles. The van der Waals surface area contributed by atoms with Crippen LogP contribution in [0.2, 0.25) is 0 Å². The van der Waals surface area contributed by atoms with Gasteiger partial charge >= 0.3 is 0 Å². The molecule has 0 aromatic heterocycles. The van der Waals surface area contributed by atoms with Crippen molar-refractivity contribution in [2.75, 3.05) is 0 Å². The zero-order valence-corrected chi connectivity index (χ0v) is 11.0. The van der Waals surface area contributed by atoms with Crippen molar-refractivity contribution in [3.05, 3.63) is 70.8 Å². The lowest BCUT2D eigenvalue weighted by atomic mass is 9.84. The number of nitrogens with zero attached hydrogens (tertiary/aromatic N) is 2. The van der Waals surface area contributed by atoms with Gasteiger partial charge in [-0.3, -0.25) is 9.59 Å². The molecule has 2 aromatic carbocycles. The molecule has 0 saturated heterocycles. The SMILES string of the molecule is N=NC=NN.O=C1c2ccccc2C(=O)c2ccccc21. The first-order chi connectivity index (χ1) is 10.2. The third-order valence-corrected chi connectivity index (χ3v) is 2.96. The lowest BCUT2D eigenvalue weighted by molar-refractivity contribution is 0.0979. The molecule has 0 bridgehead atoms. The first-order valence-corrected chi connectivity index (χ1v) is 6.06. The molecular formula is C15H12N4O2. The number of carbonyl (C=O) groups is 2. The number of nitrogens with two attached hydrogens (primary N) is 1. The normalized spacial score (nSPS) is 12.2. The summed E-state index contributed by atoms with van der Waals surface area (Å²) in [5.74, 6) is 4.37. The highest BCUT2D eigenvalue weighted by Crippen LogP contribution is 2.26. The van der Waals surface area contributed by atoms with Crippen LogP contribution >= 0.6 is 0 Å². The van der Waals surface area contributed by atoms with Gasteiger partial charge < -0.3 is 5.84 Å². The summed E-state index contributed by atoms with van der Waals surface area (Å²) in [6.07, 6.45) is 0.944. The van der Waals surface area contributed by atoms with Crippen molar-refractivity contribution in [2.45, 2.75) is 0 Å². The maximum atomic E-state index is 12.1. The van der Waals surface area contributed by atoms with Crippen LogP contribution < -0.4 is 5.84 Å². The molecule has 6 heteroatoms. The molecule has 0 amide bonds. The van der Waals surface area contributed by atoms with Crippen LogP contribution in [0.4, 0.5) is 0 Å². The van der Waals surface area contributed by atoms with E-state index < -0.39 is 0 Å². The Morgan fingerprint density at radius 2 is 1.14 bits per heavy atom. The standard InChI is InChI=1S/C14H8O2.CH4N4/c15-13-9-5-1-2-6-10(9)14(16)12-8-4-3-7-11(12)13;2-4-1-5-3/h1-8H;1-2H,3H2. The summed E-state index contributed by atoms with van der Waals surface area (Å²) in [6, 6.07) is 13.9. The first kappa shape index (κ1) is 14.3. The minimum atomic E-state index is -0.0641. The van der Waals surface area contributed by atoms with E-state index in [2.05, 4.69) is 16.1 Å². The van der Waals surface area contributed by atoms with Crippen molar-refractivity contribution in [3.8, 4) is 0 Å². The van der Waals surface area contributed by atoms with Gasteiger partial charge in [0, 0.05) is 22.3 Å². The minimum Gasteiger partial charge on any atom is -0.322 e. The smallest absolute Gasteiger partial charge is 0.194 e. The fourth-order valence-electron chi connectivity index (χ4n) is 2.08. The monoisotopic (exact) mass is 280 g/mol. The predicted molar refractivity (Wildman–Crippen MR) is 77.6 cm³/mol. The Morgan fingerprint density at radius 3 is 1.33 bits per heavy atom. The number of nitrogens with one attached hydrogen (secondary N) is 1. The van der Waals surface area contributed by atoms with E-state index in [0.717, 1.165) is 6.34 Å². The van der Waals surface area contributed by atoms with Crippen molar-refractivity contribution in [1.82, 2.24) is 0 Å². The van der Waals surface area contributed by atoms with Crippen LogP contribution in [-0.4, -0.2) is 17.9 Å². The van der Waals surface area contributed by atoms with Crippen LogP contribution in [0.3, 0.4) is 0 Å². The Morgan fingerprint density at radius 1 is 0.810 bits per heavy atom. The van der Waals surface area contributed by atoms with Crippen molar-refractivity contribution in [1.29, 1.82) is 5.53 Å². The highest BCUT2D eigenvalue weighted by Gasteiger charge is 2.28. The zero-order chi connectivity index (χ0) is 15.2. The Hall–Kier alpha value is -3.15. The van der Waals surface area contributed by atoms with Crippen LogP contribution in [0.25, 0.3) is 0 Å². The number of fused-ring (bicyclic) bond motifs is 2. The van der Waals surface area contributed by atoms with Gasteiger partial charge in [0.05, 0.1) is 0 Å². The highest BCUT2D eigenvalue weighted by atomic mass is 16.1. The predicted octanol–water partition coefficient (Wildman–Crippen LogP) is 2.38. The maximum Gasteiger partial charge on any atom is 0.194 e. The van der Waals surface area contributed by atoms with Gasteiger partial charge in [-0.2, -0.15) is 5.10 Å². The van der Waals surface area contributed by atoms with Gasteiger partial charge in [0.1, 0.15) is 0 Å². The largest absolute Gasteiger partial charge is 0.322 e. The van der Waals surface area contributed by atoms with Gasteiger partial charge in [-0.25, -0.2) is 5.53 Å². The molecule has 1 aliphatic rings. The number of benzene rings is 2. The highest BCUT2D eigenvalue weighted by molar-refractivity contribution is 6.28. The van der Waals surface area contributed by atoms with Gasteiger partial charge in [0.2, 0.25) is 0 Å². The fourth-order valence-corrected chi connectivity index (χ4v) is 2.08. The van der Waals surface area contributed by atoms with Gasteiger partial charge in [-0.15, -0.1) is 5.11 Å². The average molecular weight is 280 g/mol. The second-order valence-electron chi connectivity index (χ2n) is 4.14.